The topological polar surface area (TPSA) is 40.5 Å². The van der Waals surface area contributed by atoms with Crippen molar-refractivity contribution in [3.8, 4) is 5.75 Å². The number of phenols is 1. The summed E-state index contributed by atoms with van der Waals surface area (Å²) in [6.45, 7) is 1.80. The van der Waals surface area contributed by atoms with Crippen LogP contribution >= 0.6 is 0 Å². The van der Waals surface area contributed by atoms with Crippen LogP contribution in [0.5, 0.6) is 5.75 Å². The number of benzene rings is 2. The third kappa shape index (κ3) is 11.5. The summed E-state index contributed by atoms with van der Waals surface area (Å²) in [5.74, 6) is -0.352. The maximum absolute atomic E-state index is 14.8. The molecule has 0 heterocycles. The van der Waals surface area contributed by atoms with Crippen LogP contribution in [-0.2, 0) is 17.2 Å². The maximum atomic E-state index is 14.8. The summed E-state index contributed by atoms with van der Waals surface area (Å²) in [6, 6.07) is 9.16. The van der Waals surface area contributed by atoms with Crippen LogP contribution in [0.25, 0.3) is 11.1 Å². The van der Waals surface area contributed by atoms with Gasteiger partial charge in [0.15, 0.2) is 0 Å². The van der Waals surface area contributed by atoms with Gasteiger partial charge in [0.05, 0.1) is 0 Å². The molecule has 0 amide bonds. The van der Waals surface area contributed by atoms with Gasteiger partial charge in [0.2, 0.25) is 0 Å². The molecule has 0 aromatic heterocycles. The molecule has 0 radical (unpaired) electrons. The fourth-order valence-corrected chi connectivity index (χ4v) is 6.69. The van der Waals surface area contributed by atoms with E-state index in [0.29, 0.717) is 17.7 Å². The summed E-state index contributed by atoms with van der Waals surface area (Å²) in [6.07, 6.45) is 3.60. The number of aryl methyl sites for hydroxylation is 1. The number of fused-ring (bicyclic) bond motifs is 1. The van der Waals surface area contributed by atoms with Crippen LogP contribution in [-0.4, -0.2) is 52.0 Å². The van der Waals surface area contributed by atoms with Crippen molar-refractivity contribution in [2.24, 2.45) is 0 Å². The molecule has 0 saturated carbocycles. The number of allylic oxidation sites excluding steroid dienone is 2. The summed E-state index contributed by atoms with van der Waals surface area (Å²) >= 11 is 0. The predicted octanol–water partition coefficient (Wildman–Crippen LogP) is 8.67. The highest BCUT2D eigenvalue weighted by Gasteiger charge is 2.26. The second kappa shape index (κ2) is 16.4. The van der Waals surface area contributed by atoms with Gasteiger partial charge in [0.25, 0.3) is 0 Å². The number of phenolic OH excluding ortho intramolecular Hbond substituents is 1. The summed E-state index contributed by atoms with van der Waals surface area (Å²) < 4.78 is 76.9. The Bertz CT molecular complexity index is 1180. The van der Waals surface area contributed by atoms with Crippen molar-refractivity contribution in [3.63, 3.8) is 0 Å². The van der Waals surface area contributed by atoms with Crippen LogP contribution in [0, 0.1) is 11.6 Å². The quantitative estimate of drug-likeness (QED) is 0.155. The lowest BCUT2D eigenvalue weighted by molar-refractivity contribution is -0.134. The van der Waals surface area contributed by atoms with E-state index in [0.717, 1.165) is 99.2 Å². The van der Waals surface area contributed by atoms with Gasteiger partial charge in [0.1, 0.15) is 17.4 Å². The van der Waals surface area contributed by atoms with Crippen LogP contribution in [0.15, 0.2) is 36.4 Å². The molecule has 228 valence electrons. The van der Waals surface area contributed by atoms with Gasteiger partial charge in [0, 0.05) is 40.4 Å². The Kier molecular flexibility index (Phi) is 13.3. The first-order chi connectivity index (χ1) is 19.5. The average Bonchev–Trinajstić information content (AvgIpc) is 3.06. The molecule has 3 rings (SSSR count). The minimum atomic E-state index is -4.18. The summed E-state index contributed by atoms with van der Waals surface area (Å²) in [4.78, 5) is 2.23. The molecule has 1 aliphatic carbocycles. The lowest BCUT2D eigenvalue weighted by Gasteiger charge is -2.18. The molecule has 0 aliphatic heterocycles. The predicted molar refractivity (Wildman–Crippen MR) is 157 cm³/mol. The van der Waals surface area contributed by atoms with Crippen LogP contribution in [0.1, 0.15) is 87.3 Å². The van der Waals surface area contributed by atoms with Gasteiger partial charge in [-0.15, -0.1) is 0 Å². The van der Waals surface area contributed by atoms with Crippen molar-refractivity contribution >= 4 is 21.9 Å². The number of hydrogen-bond acceptors (Lipinski definition) is 3. The second-order valence-corrected chi connectivity index (χ2v) is 12.7. The number of rotatable bonds is 16. The highest BCUT2D eigenvalue weighted by molar-refractivity contribution is 7.84. The molecular weight excluding hydrogens is 557 g/mol. The van der Waals surface area contributed by atoms with Gasteiger partial charge >= 0.3 is 6.18 Å². The molecule has 1 unspecified atom stereocenters. The first-order valence-corrected chi connectivity index (χ1v) is 16.1. The molecule has 3 nitrogen and oxygen atoms in total. The smallest absolute Gasteiger partial charge is 0.389 e. The van der Waals surface area contributed by atoms with Crippen molar-refractivity contribution < 1.29 is 31.3 Å². The van der Waals surface area contributed by atoms with Crippen molar-refractivity contribution in [1.29, 1.82) is 0 Å². The van der Waals surface area contributed by atoms with E-state index in [2.05, 4.69) is 4.90 Å². The largest absolute Gasteiger partial charge is 0.508 e. The molecule has 1 N–H and O–H groups in total. The Balaban J connectivity index is 1.44. The van der Waals surface area contributed by atoms with Crippen molar-refractivity contribution in [2.75, 3.05) is 31.6 Å². The zero-order chi connectivity index (χ0) is 29.8. The fourth-order valence-electron chi connectivity index (χ4n) is 5.50. The third-order valence-corrected chi connectivity index (χ3v) is 9.11. The Hall–Kier alpha value is -2.26. The van der Waals surface area contributed by atoms with E-state index in [1.165, 1.54) is 12.1 Å². The van der Waals surface area contributed by atoms with Crippen molar-refractivity contribution in [1.82, 2.24) is 4.90 Å². The Morgan fingerprint density at radius 1 is 0.854 bits per heavy atom. The molecule has 0 fully saturated rings. The molecule has 0 saturated heterocycles. The normalized spacial score (nSPS) is 14.8. The lowest BCUT2D eigenvalue weighted by atomic mass is 9.88. The lowest BCUT2D eigenvalue weighted by Crippen LogP contribution is -2.21. The van der Waals surface area contributed by atoms with E-state index >= 15 is 0 Å². The maximum Gasteiger partial charge on any atom is 0.389 e. The third-order valence-electron chi connectivity index (χ3n) is 7.62. The molecular formula is C32H42F5NO2S. The van der Waals surface area contributed by atoms with E-state index in [1.54, 1.807) is 12.1 Å². The zero-order valence-electron chi connectivity index (χ0n) is 23.9. The minimum absolute atomic E-state index is 0.0756. The Morgan fingerprint density at radius 2 is 1.54 bits per heavy atom. The van der Waals surface area contributed by atoms with Crippen LogP contribution in [0.3, 0.4) is 0 Å². The monoisotopic (exact) mass is 599 g/mol. The number of alkyl halides is 3. The molecule has 0 bridgehead atoms. The van der Waals surface area contributed by atoms with Gasteiger partial charge in [-0.05, 0) is 124 Å². The summed E-state index contributed by atoms with van der Waals surface area (Å²) in [5, 5.41) is 10.0. The van der Waals surface area contributed by atoms with Crippen LogP contribution < -0.4 is 0 Å². The van der Waals surface area contributed by atoms with Gasteiger partial charge in [-0.25, -0.2) is 8.78 Å². The first-order valence-electron chi connectivity index (χ1n) is 14.6. The van der Waals surface area contributed by atoms with E-state index in [4.69, 9.17) is 0 Å². The second-order valence-electron chi connectivity index (χ2n) is 11.0. The SMILES string of the molecule is CN(CCCCCCC1=C(c2ccc(F)cc2F)CCCc2cc(O)ccc21)CCCCS(=O)CCCC(F)(F)F. The highest BCUT2D eigenvalue weighted by atomic mass is 32.2. The standard InChI is InChI=1S/C32H42F5NO2S/c1-38(19-6-7-20-41(40)21-9-17-32(35,36)37)18-5-3-2-4-11-28-27-16-14-26(39)22-24(27)10-8-12-29(28)30-15-13-25(33)23-31(30)34/h13-16,22-23,39H,2-12,17-21H2,1H3. The van der Waals surface area contributed by atoms with Crippen LogP contribution in [0.2, 0.25) is 0 Å². The van der Waals surface area contributed by atoms with E-state index < -0.39 is 35.0 Å². The van der Waals surface area contributed by atoms with E-state index in [1.807, 2.05) is 13.1 Å². The number of aromatic hydroxyl groups is 1. The Labute approximate surface area is 243 Å². The molecule has 2 aromatic rings. The molecule has 2 aromatic carbocycles. The van der Waals surface area contributed by atoms with Crippen molar-refractivity contribution in [2.45, 2.75) is 83.2 Å². The molecule has 9 heteroatoms. The zero-order valence-corrected chi connectivity index (χ0v) is 24.7. The number of nitrogens with zero attached hydrogens (tertiary/aromatic N) is 1. The fraction of sp³-hybridized carbons (Fsp3) is 0.562. The van der Waals surface area contributed by atoms with Crippen molar-refractivity contribution in [3.05, 3.63) is 64.7 Å². The molecule has 1 aliphatic rings. The molecule has 41 heavy (non-hydrogen) atoms. The average molecular weight is 600 g/mol. The first kappa shape index (κ1) is 33.2. The molecule has 1 atom stereocenters. The van der Waals surface area contributed by atoms with Gasteiger partial charge in [-0.1, -0.05) is 18.9 Å². The van der Waals surface area contributed by atoms with Gasteiger partial charge < -0.3 is 10.0 Å². The summed E-state index contributed by atoms with van der Waals surface area (Å²) in [7, 11) is 0.862. The number of unbranched alkanes of at least 4 members (excludes halogenated alkanes) is 4. The number of halogens is 5. The van der Waals surface area contributed by atoms with Gasteiger partial charge in [-0.3, -0.25) is 4.21 Å². The van der Waals surface area contributed by atoms with Gasteiger partial charge in [-0.2, -0.15) is 13.2 Å². The van der Waals surface area contributed by atoms with E-state index in [9.17, 15) is 31.3 Å². The van der Waals surface area contributed by atoms with Crippen LogP contribution in [0.4, 0.5) is 22.0 Å². The Morgan fingerprint density at radius 3 is 2.27 bits per heavy atom. The minimum Gasteiger partial charge on any atom is -0.508 e. The highest BCUT2D eigenvalue weighted by Crippen LogP contribution is 2.40. The molecule has 0 spiro atoms. The summed E-state index contributed by atoms with van der Waals surface area (Å²) in [5.41, 5.74) is 4.56. The number of hydrogen-bond donors (Lipinski definition) is 1. The van der Waals surface area contributed by atoms with E-state index in [-0.39, 0.29) is 17.9 Å².